The number of benzene rings is 3. The maximum Gasteiger partial charge on any atom is 0.305 e. The number of aromatic nitrogens is 2. The molecule has 3 saturated heterocycles. The van der Waals surface area contributed by atoms with E-state index >= 15 is 0 Å². The summed E-state index contributed by atoms with van der Waals surface area (Å²) in [6.07, 6.45) is 3.20. The third-order valence-corrected chi connectivity index (χ3v) is 17.8. The first-order valence-electron chi connectivity index (χ1n) is 33.0. The first kappa shape index (κ1) is 75.8. The summed E-state index contributed by atoms with van der Waals surface area (Å²) in [4.78, 5) is 183. The smallest absolute Gasteiger partial charge is 0.305 e. The Hall–Kier alpha value is -10.6. The number of piperidine rings is 1. The van der Waals surface area contributed by atoms with E-state index < -0.39 is 163 Å². The second-order valence-corrected chi connectivity index (χ2v) is 26.0. The maximum atomic E-state index is 14.3. The fourth-order valence-corrected chi connectivity index (χ4v) is 12.6. The van der Waals surface area contributed by atoms with Crippen LogP contribution in [0.5, 0.6) is 0 Å². The molecule has 8 rings (SSSR count). The Morgan fingerprint density at radius 1 is 0.576 bits per heavy atom. The van der Waals surface area contributed by atoms with E-state index in [1.807, 2.05) is 48.5 Å². The van der Waals surface area contributed by atoms with Crippen LogP contribution in [0, 0.1) is 35.0 Å². The number of hydrogen-bond donors (Lipinski definition) is 14. The van der Waals surface area contributed by atoms with E-state index in [0.717, 1.165) is 32.9 Å². The Morgan fingerprint density at radius 2 is 1.00 bits per heavy atom. The number of para-hydroxylation sites is 2. The Labute approximate surface area is 572 Å². The monoisotopic (exact) mass is 1370 g/mol. The quantitative estimate of drug-likeness (QED) is 0.0464. The summed E-state index contributed by atoms with van der Waals surface area (Å²) in [5.41, 5.74) is 4.35. The minimum Gasteiger partial charge on any atom is -0.513 e. The third kappa shape index (κ3) is 20.7. The molecule has 10 amide bonds. The van der Waals surface area contributed by atoms with Crippen molar-refractivity contribution in [2.75, 3.05) is 53.4 Å². The zero-order valence-corrected chi connectivity index (χ0v) is 56.6. The lowest BCUT2D eigenvalue weighted by atomic mass is 9.89. The van der Waals surface area contributed by atoms with E-state index in [1.165, 1.54) is 36.0 Å². The number of aromatic amines is 2. The number of hydrogen-bond acceptors (Lipinski definition) is 16. The molecule has 3 aromatic carbocycles. The molecule has 0 radical (unpaired) electrons. The number of nitrogens with one attached hydrogen (secondary N) is 12. The molecule has 0 saturated carbocycles. The van der Waals surface area contributed by atoms with Gasteiger partial charge in [0.2, 0.25) is 53.2 Å². The van der Waals surface area contributed by atoms with Crippen LogP contribution in [0.4, 0.5) is 0 Å². The lowest BCUT2D eigenvalue weighted by Crippen LogP contribution is -2.59. The topological polar surface area (TPSA) is 433 Å². The number of aliphatic hydroxyl groups is 1. The summed E-state index contributed by atoms with van der Waals surface area (Å²) in [6.45, 7) is 11.6. The molecular formula is C70H90N14O15. The number of rotatable bonds is 17. The zero-order chi connectivity index (χ0) is 72.4. The van der Waals surface area contributed by atoms with Crippen LogP contribution < -0.4 is 47.9 Å². The number of carboxylic acid groups (broad SMARTS) is 1. The minimum absolute atomic E-state index is 0.0637. The number of Topliss-reactive ketones (excluding diaryl/α,β-unsaturated/α-hetero) is 2. The van der Waals surface area contributed by atoms with E-state index in [9.17, 15) is 72.5 Å². The van der Waals surface area contributed by atoms with Gasteiger partial charge in [0.1, 0.15) is 24.2 Å². The first-order chi connectivity index (χ1) is 47.0. The Bertz CT molecular complexity index is 3850. The molecule has 99 heavy (non-hydrogen) atoms. The van der Waals surface area contributed by atoms with Crippen LogP contribution in [0.3, 0.4) is 0 Å². The summed E-state index contributed by atoms with van der Waals surface area (Å²) in [7, 11) is 2.91. The lowest BCUT2D eigenvalue weighted by Gasteiger charge is -2.34. The van der Waals surface area contributed by atoms with Crippen LogP contribution in [-0.4, -0.2) is 202 Å². The fourth-order valence-electron chi connectivity index (χ4n) is 12.6. The third-order valence-electron chi connectivity index (χ3n) is 17.8. The van der Waals surface area contributed by atoms with Gasteiger partial charge in [0.05, 0.1) is 37.4 Å². The predicted molar refractivity (Wildman–Crippen MR) is 365 cm³/mol. The molecular weight excluding hydrogens is 1280 g/mol. The second-order valence-electron chi connectivity index (χ2n) is 26.0. The van der Waals surface area contributed by atoms with Crippen molar-refractivity contribution < 1.29 is 72.5 Å². The van der Waals surface area contributed by atoms with Crippen LogP contribution >= 0.6 is 0 Å². The van der Waals surface area contributed by atoms with Crippen molar-refractivity contribution in [1.82, 2.24) is 67.6 Å². The summed E-state index contributed by atoms with van der Waals surface area (Å²) in [6, 6.07) is 13.6. The molecule has 8 atom stereocenters. The average molecular weight is 1370 g/mol. The molecule has 3 fully saturated rings. The molecule has 5 aromatic rings. The molecule has 530 valence electrons. The highest BCUT2D eigenvalue weighted by Crippen LogP contribution is 2.28. The summed E-state index contributed by atoms with van der Waals surface area (Å²) in [5, 5.41) is 52.6. The molecule has 2 aromatic heterocycles. The standard InChI is InChI=1S/C36H43N7O8.C34H47N7O7/c1-19(2)32-35(50)42-28(17-39-33(48)22-11-9-21(10-12-22)20(3)37)34(49)40-18-30(45)41-27(15-31(46)47)29(44)14-23(36(51)43(32)4)13-24-16-38-26-8-6-5-7-25(24)26;1-19(2)30-33(47)40-27(17-37-31(45)21-9-11-35-12-10-21)32(46)38-18-29(44)39-26(13-20(3)42)28(43)15-22(34(48)41(30)4)14-23-16-36-25-8-6-5-7-24(23)25/h5-12,16,19,23,27-28,32,37-38H,13-15,17-18H2,1-4H3,(H,39,48)(H,40,49)(H,41,45)(H,42,50)(H,46,47);5-8,16,19,21-22,26-27,30,35-36,42H,3,9-15,17-18H2,1-2,4H3,(H,37,45)(H,38,46)(H,39,44)(H,40,47)/t23-,27?,28-,32?;22-,26?,27-,30?/m00/s1. The highest BCUT2D eigenvalue weighted by atomic mass is 16.4. The Balaban J connectivity index is 0.000000279. The van der Waals surface area contributed by atoms with Gasteiger partial charge in [-0.05, 0) is 98.5 Å². The van der Waals surface area contributed by atoms with Gasteiger partial charge in [-0.15, -0.1) is 0 Å². The van der Waals surface area contributed by atoms with Crippen LogP contribution in [-0.2, 0) is 70.4 Å². The van der Waals surface area contributed by atoms with E-state index in [-0.39, 0.29) is 55.4 Å². The molecule has 29 heteroatoms. The summed E-state index contributed by atoms with van der Waals surface area (Å²) in [5.74, 6) is -12.4. The van der Waals surface area contributed by atoms with Crippen molar-refractivity contribution in [3.8, 4) is 0 Å². The number of H-pyrrole nitrogens is 2. The van der Waals surface area contributed by atoms with E-state index in [2.05, 4.69) is 64.4 Å². The number of carbonyl (C=O) groups is 13. The van der Waals surface area contributed by atoms with Gasteiger partial charge in [-0.25, -0.2) is 0 Å². The minimum atomic E-state index is -1.50. The molecule has 3 aliphatic rings. The van der Waals surface area contributed by atoms with Crippen LogP contribution in [0.15, 0.2) is 97.5 Å². The van der Waals surface area contributed by atoms with Crippen LogP contribution in [0.25, 0.3) is 21.8 Å². The van der Waals surface area contributed by atoms with Crippen molar-refractivity contribution >= 4 is 104 Å². The fraction of sp³-hybridized carbons (Fsp3) is 0.457. The largest absolute Gasteiger partial charge is 0.513 e. The second kappa shape index (κ2) is 35.1. The molecule has 3 aliphatic heterocycles. The number of fused-ring (bicyclic) bond motifs is 2. The van der Waals surface area contributed by atoms with Crippen molar-refractivity contribution in [2.45, 2.75) is 122 Å². The molecule has 29 nitrogen and oxygen atoms in total. The van der Waals surface area contributed by atoms with Gasteiger partial charge in [-0.3, -0.25) is 62.3 Å². The molecule has 5 heterocycles. The zero-order valence-electron chi connectivity index (χ0n) is 56.6. The van der Waals surface area contributed by atoms with Gasteiger partial charge in [0.25, 0.3) is 5.91 Å². The highest BCUT2D eigenvalue weighted by molar-refractivity contribution is 6.02. The van der Waals surface area contributed by atoms with Crippen LogP contribution in [0.2, 0.25) is 0 Å². The van der Waals surface area contributed by atoms with Crippen molar-refractivity contribution in [2.24, 2.45) is 29.6 Å². The Morgan fingerprint density at radius 3 is 1.42 bits per heavy atom. The number of carboxylic acids is 1. The number of aliphatic hydroxyl groups excluding tert-OH is 1. The molecule has 14 N–H and O–H groups in total. The van der Waals surface area contributed by atoms with E-state index in [4.69, 9.17) is 5.41 Å². The molecule has 4 unspecified atom stereocenters. The molecule has 0 bridgehead atoms. The number of nitrogens with zero attached hydrogens (tertiary/aromatic N) is 2. The average Bonchev–Trinajstić information content (AvgIpc) is 1.83. The predicted octanol–water partition coefficient (Wildman–Crippen LogP) is 1.61. The number of carbonyl (C=O) groups excluding carboxylic acids is 12. The Kier molecular flexibility index (Phi) is 26.9. The number of amides is 10. The van der Waals surface area contributed by atoms with Gasteiger partial charge >= 0.3 is 5.97 Å². The summed E-state index contributed by atoms with van der Waals surface area (Å²) >= 11 is 0. The van der Waals surface area contributed by atoms with Crippen molar-refractivity contribution in [3.05, 3.63) is 120 Å². The van der Waals surface area contributed by atoms with Gasteiger partial charge in [-0.1, -0.05) is 82.8 Å². The van der Waals surface area contributed by atoms with Gasteiger partial charge in [0.15, 0.2) is 11.6 Å². The SMILES string of the molecule is C=C(O)CC1NC(=O)CNC(=O)[C@H](CNC(=O)C2CCNCC2)NC(=O)C(C(C)C)N(C)C(=O)[C@@H](Cc2c[nH]c3ccccc23)CC1=O.CC(=N)c1ccc(C(=O)NC[C@@H]2NC(=O)C(C(C)C)N(C)C(=O)[C@@H](Cc3c[nH]c4ccccc34)CC(=O)C(CC(=O)O)NC(=O)CNC2=O)cc1. The van der Waals surface area contributed by atoms with Crippen molar-refractivity contribution in [3.63, 3.8) is 0 Å². The molecule has 0 spiro atoms. The normalized spacial score (nSPS) is 22.4. The van der Waals surface area contributed by atoms with Gasteiger partial charge in [0, 0.05) is 110 Å². The van der Waals surface area contributed by atoms with Gasteiger partial charge in [-0.2, -0.15) is 0 Å². The van der Waals surface area contributed by atoms with Crippen LogP contribution in [0.1, 0.15) is 100 Å². The highest BCUT2D eigenvalue weighted by Gasteiger charge is 2.41. The number of ketones is 2. The number of aliphatic carboxylic acids is 1. The molecule has 0 aliphatic carbocycles. The van der Waals surface area contributed by atoms with E-state index in [0.29, 0.717) is 37.2 Å². The number of likely N-dealkylation sites (N-methyl/N-ethyl adjacent to an activating group) is 2. The summed E-state index contributed by atoms with van der Waals surface area (Å²) < 4.78 is 0. The maximum absolute atomic E-state index is 14.3. The van der Waals surface area contributed by atoms with Crippen molar-refractivity contribution in [1.29, 1.82) is 5.41 Å². The van der Waals surface area contributed by atoms with E-state index in [1.54, 1.807) is 59.1 Å². The first-order valence-corrected chi connectivity index (χ1v) is 33.0. The van der Waals surface area contributed by atoms with Gasteiger partial charge < -0.3 is 83.2 Å². The lowest BCUT2D eigenvalue weighted by molar-refractivity contribution is -0.145.